The lowest BCUT2D eigenvalue weighted by molar-refractivity contribution is 0.0967. The average Bonchev–Trinajstić information content (AvgIpc) is 3.31. The molecule has 1 aromatic carbocycles. The molecule has 5 rings (SSSR count). The number of rotatable bonds is 4. The van der Waals surface area contributed by atoms with Crippen molar-refractivity contribution in [2.24, 2.45) is 5.92 Å². The third kappa shape index (κ3) is 2.39. The van der Waals surface area contributed by atoms with E-state index in [9.17, 15) is 4.79 Å². The first kappa shape index (κ1) is 16.0. The summed E-state index contributed by atoms with van der Waals surface area (Å²) in [7, 11) is 1.68. The molecule has 0 atom stereocenters. The maximum atomic E-state index is 13.1. The number of carbonyl (C=O) groups is 1. The number of aromatic nitrogens is 1. The third-order valence-corrected chi connectivity index (χ3v) is 6.79. The fourth-order valence-electron chi connectivity index (χ4n) is 4.14. The number of pyridine rings is 1. The molecule has 0 amide bonds. The molecule has 0 saturated heterocycles. The van der Waals surface area contributed by atoms with Gasteiger partial charge in [-0.05, 0) is 62.3 Å². The molecule has 4 heteroatoms. The molecule has 3 aromatic rings. The SMILES string of the molecule is COc1ccc(-c2c(C(=O)C3CC3)c(C)nc3sc4c(c23)CCC4)cc1. The number of Topliss-reactive ketones (excluding diaryl/α,β-unsaturated/α-hetero) is 1. The predicted molar refractivity (Wildman–Crippen MR) is 105 cm³/mol. The molecule has 2 heterocycles. The highest BCUT2D eigenvalue weighted by molar-refractivity contribution is 7.19. The summed E-state index contributed by atoms with van der Waals surface area (Å²) in [4.78, 5) is 20.6. The van der Waals surface area contributed by atoms with Gasteiger partial charge in [-0.15, -0.1) is 11.3 Å². The lowest BCUT2D eigenvalue weighted by Crippen LogP contribution is -2.08. The number of thiophene rings is 1. The first-order chi connectivity index (χ1) is 12.7. The molecule has 1 saturated carbocycles. The van der Waals surface area contributed by atoms with Crippen LogP contribution in [0.5, 0.6) is 5.75 Å². The molecule has 2 aromatic heterocycles. The maximum Gasteiger partial charge on any atom is 0.168 e. The Morgan fingerprint density at radius 2 is 1.96 bits per heavy atom. The summed E-state index contributed by atoms with van der Waals surface area (Å²) in [5.74, 6) is 1.30. The number of methoxy groups -OCH3 is 1. The van der Waals surface area contributed by atoms with E-state index in [1.54, 1.807) is 7.11 Å². The summed E-state index contributed by atoms with van der Waals surface area (Å²) in [6.07, 6.45) is 5.48. The van der Waals surface area contributed by atoms with Gasteiger partial charge in [-0.25, -0.2) is 4.98 Å². The predicted octanol–water partition coefficient (Wildman–Crippen LogP) is 5.36. The second kappa shape index (κ2) is 5.92. The minimum Gasteiger partial charge on any atom is -0.497 e. The molecule has 1 fully saturated rings. The zero-order chi connectivity index (χ0) is 17.8. The second-order valence-corrected chi connectivity index (χ2v) is 8.44. The Hall–Kier alpha value is -2.20. The van der Waals surface area contributed by atoms with Crippen LogP contribution in [0.25, 0.3) is 21.3 Å². The van der Waals surface area contributed by atoms with Gasteiger partial charge in [0.25, 0.3) is 0 Å². The highest BCUT2D eigenvalue weighted by Gasteiger charge is 2.35. The Labute approximate surface area is 157 Å². The molecule has 2 aliphatic carbocycles. The topological polar surface area (TPSA) is 39.2 Å². The van der Waals surface area contributed by atoms with Crippen molar-refractivity contribution in [3.8, 4) is 16.9 Å². The molecule has 0 aliphatic heterocycles. The van der Waals surface area contributed by atoms with Crippen LogP contribution in [0, 0.1) is 12.8 Å². The Balaban J connectivity index is 1.83. The van der Waals surface area contributed by atoms with Gasteiger partial charge in [-0.3, -0.25) is 4.79 Å². The molecular weight excluding hydrogens is 342 g/mol. The van der Waals surface area contributed by atoms with Crippen LogP contribution >= 0.6 is 11.3 Å². The summed E-state index contributed by atoms with van der Waals surface area (Å²) in [5, 5.41) is 1.22. The Bertz CT molecular complexity index is 1030. The number of ketones is 1. The van der Waals surface area contributed by atoms with Crippen molar-refractivity contribution in [3.63, 3.8) is 0 Å². The van der Waals surface area contributed by atoms with E-state index in [-0.39, 0.29) is 11.7 Å². The van der Waals surface area contributed by atoms with E-state index < -0.39 is 0 Å². The summed E-state index contributed by atoms with van der Waals surface area (Å²) >= 11 is 1.81. The Kier molecular flexibility index (Phi) is 3.64. The maximum absolute atomic E-state index is 13.1. The van der Waals surface area contributed by atoms with Crippen molar-refractivity contribution in [1.82, 2.24) is 4.98 Å². The van der Waals surface area contributed by atoms with E-state index in [4.69, 9.17) is 9.72 Å². The number of nitrogens with zero attached hydrogens (tertiary/aromatic N) is 1. The van der Waals surface area contributed by atoms with Crippen molar-refractivity contribution in [3.05, 3.63) is 46.0 Å². The number of carbonyl (C=O) groups excluding carboxylic acids is 1. The largest absolute Gasteiger partial charge is 0.497 e. The minimum absolute atomic E-state index is 0.191. The fraction of sp³-hybridized carbons (Fsp3) is 0.364. The molecule has 0 N–H and O–H groups in total. The van der Waals surface area contributed by atoms with Crippen molar-refractivity contribution in [2.45, 2.75) is 39.0 Å². The summed E-state index contributed by atoms with van der Waals surface area (Å²) in [6, 6.07) is 8.12. The molecule has 132 valence electrons. The van der Waals surface area contributed by atoms with Gasteiger partial charge in [0, 0.05) is 27.3 Å². The minimum atomic E-state index is 0.191. The lowest BCUT2D eigenvalue weighted by Gasteiger charge is -2.15. The normalized spacial score (nSPS) is 16.1. The van der Waals surface area contributed by atoms with Crippen LogP contribution in [0.3, 0.4) is 0 Å². The van der Waals surface area contributed by atoms with Crippen molar-refractivity contribution in [2.75, 3.05) is 7.11 Å². The smallest absolute Gasteiger partial charge is 0.168 e. The van der Waals surface area contributed by atoms with Gasteiger partial charge in [-0.2, -0.15) is 0 Å². The molecule has 0 unspecified atom stereocenters. The monoisotopic (exact) mass is 363 g/mol. The van der Waals surface area contributed by atoms with E-state index in [1.807, 2.05) is 30.4 Å². The van der Waals surface area contributed by atoms with Crippen LogP contribution in [0.4, 0.5) is 0 Å². The number of ether oxygens (including phenoxy) is 1. The zero-order valence-electron chi connectivity index (χ0n) is 15.1. The summed E-state index contributed by atoms with van der Waals surface area (Å²) in [5.41, 5.74) is 5.34. The molecule has 3 nitrogen and oxygen atoms in total. The van der Waals surface area contributed by atoms with Gasteiger partial charge in [-0.1, -0.05) is 12.1 Å². The number of hydrogen-bond donors (Lipinski definition) is 0. The number of hydrogen-bond acceptors (Lipinski definition) is 4. The molecular formula is C22H21NO2S. The van der Waals surface area contributed by atoms with Gasteiger partial charge < -0.3 is 4.74 Å². The van der Waals surface area contributed by atoms with Gasteiger partial charge >= 0.3 is 0 Å². The van der Waals surface area contributed by atoms with Crippen LogP contribution in [0.15, 0.2) is 24.3 Å². The van der Waals surface area contributed by atoms with Gasteiger partial charge in [0.1, 0.15) is 10.6 Å². The Morgan fingerprint density at radius 1 is 1.19 bits per heavy atom. The second-order valence-electron chi connectivity index (χ2n) is 7.35. The van der Waals surface area contributed by atoms with Gasteiger partial charge in [0.05, 0.1) is 12.8 Å². The van der Waals surface area contributed by atoms with Crippen LogP contribution in [0.2, 0.25) is 0 Å². The quantitative estimate of drug-likeness (QED) is 0.586. The van der Waals surface area contributed by atoms with Crippen LogP contribution < -0.4 is 4.74 Å². The van der Waals surface area contributed by atoms with Gasteiger partial charge in [0.2, 0.25) is 0 Å². The lowest BCUT2D eigenvalue weighted by atomic mass is 9.90. The zero-order valence-corrected chi connectivity index (χ0v) is 15.9. The van der Waals surface area contributed by atoms with E-state index >= 15 is 0 Å². The highest BCUT2D eigenvalue weighted by atomic mass is 32.1. The summed E-state index contributed by atoms with van der Waals surface area (Å²) < 4.78 is 5.32. The van der Waals surface area contributed by atoms with Crippen molar-refractivity contribution < 1.29 is 9.53 Å². The highest BCUT2D eigenvalue weighted by Crippen LogP contribution is 2.45. The number of fused-ring (bicyclic) bond motifs is 3. The number of benzene rings is 1. The first-order valence-corrected chi connectivity index (χ1v) is 10.1. The van der Waals surface area contributed by atoms with Crippen LogP contribution in [-0.2, 0) is 12.8 Å². The fourth-order valence-corrected chi connectivity index (χ4v) is 5.46. The van der Waals surface area contributed by atoms with Crippen molar-refractivity contribution >= 4 is 27.3 Å². The summed E-state index contributed by atoms with van der Waals surface area (Å²) in [6.45, 7) is 1.99. The van der Waals surface area contributed by atoms with Gasteiger partial charge in [0.15, 0.2) is 5.78 Å². The van der Waals surface area contributed by atoms with Crippen LogP contribution in [0.1, 0.15) is 45.8 Å². The standard InChI is InChI=1S/C22H21NO2S/c1-12-18(21(24)14-6-7-14)19(13-8-10-15(25-2)11-9-13)20-16-4-3-5-17(16)26-22(20)23-12/h8-11,14H,3-7H2,1-2H3. The van der Waals surface area contributed by atoms with E-state index in [0.29, 0.717) is 0 Å². The number of aryl methyl sites for hydroxylation is 3. The average molecular weight is 363 g/mol. The van der Waals surface area contributed by atoms with E-state index in [1.165, 1.54) is 22.2 Å². The first-order valence-electron chi connectivity index (χ1n) is 9.31. The van der Waals surface area contributed by atoms with E-state index in [0.717, 1.165) is 58.6 Å². The molecule has 0 radical (unpaired) electrons. The third-order valence-electron chi connectivity index (χ3n) is 5.61. The molecule has 26 heavy (non-hydrogen) atoms. The Morgan fingerprint density at radius 3 is 2.65 bits per heavy atom. The van der Waals surface area contributed by atoms with Crippen molar-refractivity contribution in [1.29, 1.82) is 0 Å². The van der Waals surface area contributed by atoms with E-state index in [2.05, 4.69) is 12.1 Å². The molecule has 0 spiro atoms. The van der Waals surface area contributed by atoms with Crippen LogP contribution in [-0.4, -0.2) is 17.9 Å². The molecule has 0 bridgehead atoms. The molecule has 2 aliphatic rings.